The highest BCUT2D eigenvalue weighted by Gasteiger charge is 2.26. The van der Waals surface area contributed by atoms with Crippen LogP contribution in [0.2, 0.25) is 15.1 Å². The van der Waals surface area contributed by atoms with E-state index < -0.39 is 0 Å². The van der Waals surface area contributed by atoms with Gasteiger partial charge in [-0.25, -0.2) is 4.98 Å². The molecule has 3 aromatic rings. The van der Waals surface area contributed by atoms with Crippen LogP contribution >= 0.6 is 34.8 Å². The Morgan fingerprint density at radius 1 is 1.11 bits per heavy atom. The van der Waals surface area contributed by atoms with Gasteiger partial charge in [0.15, 0.2) is 11.6 Å². The lowest BCUT2D eigenvalue weighted by molar-refractivity contribution is -0.132. The summed E-state index contributed by atoms with van der Waals surface area (Å²) < 4.78 is 0. The maximum atomic E-state index is 12.3. The number of aromatic nitrogens is 4. The molecule has 0 bridgehead atoms. The molecule has 4 rings (SSSR count). The Morgan fingerprint density at radius 2 is 1.86 bits per heavy atom. The van der Waals surface area contributed by atoms with Crippen LogP contribution in [-0.2, 0) is 4.79 Å². The quantitative estimate of drug-likeness (QED) is 0.380. The zero-order chi connectivity index (χ0) is 25.1. The molecule has 3 heterocycles. The number of amides is 1. The number of benzene rings is 1. The number of halogens is 3. The molecule has 0 aliphatic carbocycles. The lowest BCUT2D eigenvalue weighted by Gasteiger charge is -2.33. The Kier molecular flexibility index (Phi) is 8.01. The summed E-state index contributed by atoms with van der Waals surface area (Å²) in [6.07, 6.45) is 3.17. The first kappa shape index (κ1) is 25.5. The maximum absolute atomic E-state index is 12.3. The molecule has 0 spiro atoms. The predicted octanol–water partition coefficient (Wildman–Crippen LogP) is 5.22. The average Bonchev–Trinajstić information content (AvgIpc) is 3.22. The zero-order valence-corrected chi connectivity index (χ0v) is 22.0. The number of H-pyrrole nitrogens is 1. The molecule has 0 saturated carbocycles. The molecule has 35 heavy (non-hydrogen) atoms. The van der Waals surface area contributed by atoms with E-state index >= 15 is 0 Å². The Balaban J connectivity index is 1.45. The Bertz CT molecular complexity index is 1210. The molecule has 12 heteroatoms. The van der Waals surface area contributed by atoms with Crippen LogP contribution in [-0.4, -0.2) is 69.6 Å². The summed E-state index contributed by atoms with van der Waals surface area (Å²) in [5.74, 6) is 1.69. The van der Waals surface area contributed by atoms with E-state index in [1.165, 1.54) is 6.20 Å². The molecular formula is C23H27Cl3N8O. The molecule has 1 saturated heterocycles. The number of carbonyl (C=O) groups excluding carboxylic acids is 1. The first-order valence-corrected chi connectivity index (χ1v) is 12.3. The molecule has 1 aromatic carbocycles. The number of aromatic amines is 1. The molecule has 1 aliphatic rings. The van der Waals surface area contributed by atoms with E-state index in [2.05, 4.69) is 30.8 Å². The summed E-state index contributed by atoms with van der Waals surface area (Å²) >= 11 is 19.5. The van der Waals surface area contributed by atoms with E-state index in [0.29, 0.717) is 58.0 Å². The van der Waals surface area contributed by atoms with E-state index in [4.69, 9.17) is 34.8 Å². The Labute approximate surface area is 219 Å². The molecule has 186 valence electrons. The van der Waals surface area contributed by atoms with Crippen molar-refractivity contribution in [2.45, 2.75) is 25.7 Å². The summed E-state index contributed by atoms with van der Waals surface area (Å²) in [6.45, 7) is 3.73. The van der Waals surface area contributed by atoms with Gasteiger partial charge in [-0.15, -0.1) is 0 Å². The van der Waals surface area contributed by atoms with Crippen LogP contribution < -0.4 is 10.6 Å². The lowest BCUT2D eigenvalue weighted by atomic mass is 9.89. The van der Waals surface area contributed by atoms with Crippen LogP contribution in [0.5, 0.6) is 0 Å². The van der Waals surface area contributed by atoms with Gasteiger partial charge in [0.2, 0.25) is 11.9 Å². The van der Waals surface area contributed by atoms with Crippen LogP contribution in [0.25, 0.3) is 0 Å². The van der Waals surface area contributed by atoms with E-state index in [1.54, 1.807) is 6.07 Å². The zero-order valence-electron chi connectivity index (χ0n) is 19.7. The normalized spacial score (nSPS) is 14.4. The minimum Gasteiger partial charge on any atom is -0.342 e. The van der Waals surface area contributed by atoms with Crippen LogP contribution in [0.1, 0.15) is 30.0 Å². The minimum atomic E-state index is 0.149. The van der Waals surface area contributed by atoms with Gasteiger partial charge in [-0.05, 0) is 57.5 Å². The Hall–Kier alpha value is -2.59. The number of hydrogen-bond donors (Lipinski definition) is 3. The fourth-order valence-electron chi connectivity index (χ4n) is 4.02. The molecule has 0 unspecified atom stereocenters. The second kappa shape index (κ2) is 11.0. The lowest BCUT2D eigenvalue weighted by Crippen LogP contribution is -2.42. The molecule has 1 amide bonds. The number of rotatable bonds is 7. The fourth-order valence-corrected chi connectivity index (χ4v) is 4.70. The fraction of sp³-hybridized carbons (Fsp3) is 0.391. The predicted molar refractivity (Wildman–Crippen MR) is 141 cm³/mol. The molecule has 1 aliphatic heterocycles. The summed E-state index contributed by atoms with van der Waals surface area (Å²) in [5.41, 5.74) is 2.47. The SMILES string of the molecule is Cc1cc(Nc2nc(Nc3cc(Cl)c(C4CCN(C(=O)CN(C)C)CC4)cc3Cl)ncc2Cl)n[nH]1. The number of likely N-dealkylation sites (N-methyl/N-ethyl adjacent to an activating group) is 1. The van der Waals surface area contributed by atoms with Gasteiger partial charge < -0.3 is 20.4 Å². The van der Waals surface area contributed by atoms with E-state index in [1.807, 2.05) is 43.0 Å². The molecule has 1 fully saturated rings. The number of anilines is 4. The van der Waals surface area contributed by atoms with Crippen LogP contribution in [0.15, 0.2) is 24.4 Å². The van der Waals surface area contributed by atoms with Gasteiger partial charge in [0.05, 0.1) is 23.5 Å². The first-order chi connectivity index (χ1) is 16.7. The van der Waals surface area contributed by atoms with Crippen molar-refractivity contribution in [1.82, 2.24) is 30.0 Å². The number of nitrogens with zero attached hydrogens (tertiary/aromatic N) is 5. The van der Waals surface area contributed by atoms with Crippen LogP contribution in [0, 0.1) is 6.92 Å². The summed E-state index contributed by atoms with van der Waals surface area (Å²) in [4.78, 5) is 24.8. The van der Waals surface area contributed by atoms with Gasteiger partial charge >= 0.3 is 0 Å². The van der Waals surface area contributed by atoms with Crippen molar-refractivity contribution in [3.63, 3.8) is 0 Å². The van der Waals surface area contributed by atoms with Crippen molar-refractivity contribution in [1.29, 1.82) is 0 Å². The number of piperidine rings is 1. The third-order valence-electron chi connectivity index (χ3n) is 5.77. The van der Waals surface area contributed by atoms with Gasteiger partial charge in [-0.3, -0.25) is 9.89 Å². The number of aryl methyl sites for hydroxylation is 1. The summed E-state index contributed by atoms with van der Waals surface area (Å²) in [7, 11) is 3.79. The van der Waals surface area contributed by atoms with Crippen molar-refractivity contribution < 1.29 is 4.79 Å². The molecule has 9 nitrogen and oxygen atoms in total. The van der Waals surface area contributed by atoms with Gasteiger partial charge in [0, 0.05) is 29.9 Å². The highest BCUT2D eigenvalue weighted by atomic mass is 35.5. The second-order valence-corrected chi connectivity index (χ2v) is 10.0. The number of hydrogen-bond acceptors (Lipinski definition) is 7. The number of nitrogens with one attached hydrogen (secondary N) is 3. The van der Waals surface area contributed by atoms with Gasteiger partial charge in [0.25, 0.3) is 0 Å². The monoisotopic (exact) mass is 536 g/mol. The van der Waals surface area contributed by atoms with Gasteiger partial charge in [-0.1, -0.05) is 34.8 Å². The second-order valence-electron chi connectivity index (χ2n) is 8.82. The topological polar surface area (TPSA) is 102 Å². The molecule has 3 N–H and O–H groups in total. The van der Waals surface area contributed by atoms with E-state index in [9.17, 15) is 4.79 Å². The van der Waals surface area contributed by atoms with Crippen molar-refractivity contribution in [3.8, 4) is 0 Å². The van der Waals surface area contributed by atoms with Crippen molar-refractivity contribution in [2.75, 3.05) is 44.4 Å². The number of carbonyl (C=O) groups is 1. The molecule has 0 radical (unpaired) electrons. The average molecular weight is 538 g/mol. The van der Waals surface area contributed by atoms with E-state index in [0.717, 1.165) is 24.1 Å². The summed E-state index contributed by atoms with van der Waals surface area (Å²) in [6, 6.07) is 5.50. The van der Waals surface area contributed by atoms with E-state index in [-0.39, 0.29) is 11.8 Å². The number of likely N-dealkylation sites (tertiary alicyclic amines) is 1. The van der Waals surface area contributed by atoms with Gasteiger partial charge in [0.1, 0.15) is 5.02 Å². The third kappa shape index (κ3) is 6.35. The molecule has 2 aromatic heterocycles. The first-order valence-electron chi connectivity index (χ1n) is 11.2. The maximum Gasteiger partial charge on any atom is 0.236 e. The molecular weight excluding hydrogens is 511 g/mol. The minimum absolute atomic E-state index is 0.149. The largest absolute Gasteiger partial charge is 0.342 e. The molecule has 0 atom stereocenters. The van der Waals surface area contributed by atoms with Crippen molar-refractivity contribution in [2.24, 2.45) is 0 Å². The van der Waals surface area contributed by atoms with Gasteiger partial charge in [-0.2, -0.15) is 10.1 Å². The van der Waals surface area contributed by atoms with Crippen LogP contribution in [0.3, 0.4) is 0 Å². The van der Waals surface area contributed by atoms with Crippen molar-refractivity contribution in [3.05, 3.63) is 50.7 Å². The standard InChI is InChI=1S/C23H27Cl3N8O/c1-13-8-20(32-31-13)29-22-18(26)11-27-23(30-22)28-19-10-16(24)15(9-17(19)25)14-4-6-34(7-5-14)21(35)12-33(2)3/h8-11,14H,4-7,12H2,1-3H3,(H3,27,28,29,30,31,32). The van der Waals surface area contributed by atoms with Crippen LogP contribution in [0.4, 0.5) is 23.3 Å². The summed E-state index contributed by atoms with van der Waals surface area (Å²) in [5, 5.41) is 14.6. The highest BCUT2D eigenvalue weighted by Crippen LogP contribution is 2.38. The van der Waals surface area contributed by atoms with Crippen molar-refractivity contribution >= 4 is 64.0 Å². The Morgan fingerprint density at radius 3 is 2.51 bits per heavy atom. The smallest absolute Gasteiger partial charge is 0.236 e. The third-order valence-corrected chi connectivity index (χ3v) is 6.68. The highest BCUT2D eigenvalue weighted by molar-refractivity contribution is 6.36.